The predicted octanol–water partition coefficient (Wildman–Crippen LogP) is 3.81. The lowest BCUT2D eigenvalue weighted by Crippen LogP contribution is -2.23. The number of imidazole rings is 1. The summed E-state index contributed by atoms with van der Waals surface area (Å²) in [4.78, 5) is 20.1. The standard InChI is InChI=1S/C19H14N2O2/c22-18-14-8-4-5-9-16(14)23-19(13-6-2-1-3-7-13)15(18)12-17-20-10-11-21-17/h1-12,19H,(H,20,21). The average Bonchev–Trinajstić information content (AvgIpc) is 3.11. The molecule has 1 aliphatic heterocycles. The molecule has 0 spiro atoms. The number of Topliss-reactive ketones (excluding diaryl/α,β-unsaturated/α-hetero) is 1. The van der Waals surface area contributed by atoms with Crippen LogP contribution in [-0.4, -0.2) is 15.8 Å². The van der Waals surface area contributed by atoms with Gasteiger partial charge in [-0.25, -0.2) is 4.98 Å². The molecule has 1 aromatic heterocycles. The Hall–Kier alpha value is -3.14. The van der Waals surface area contributed by atoms with Gasteiger partial charge in [0.05, 0.1) is 5.56 Å². The van der Waals surface area contributed by atoms with Crippen LogP contribution in [0.15, 0.2) is 72.6 Å². The van der Waals surface area contributed by atoms with E-state index in [1.54, 1.807) is 24.5 Å². The van der Waals surface area contributed by atoms with Crippen LogP contribution in [0.5, 0.6) is 5.75 Å². The lowest BCUT2D eigenvalue weighted by molar-refractivity contribution is 0.0963. The third kappa shape index (κ3) is 2.44. The van der Waals surface area contributed by atoms with Gasteiger partial charge in [0, 0.05) is 18.0 Å². The van der Waals surface area contributed by atoms with E-state index in [4.69, 9.17) is 4.74 Å². The van der Waals surface area contributed by atoms with Crippen LogP contribution in [0.2, 0.25) is 0 Å². The Morgan fingerprint density at radius 3 is 2.61 bits per heavy atom. The normalized spacial score (nSPS) is 18.5. The Morgan fingerprint density at radius 2 is 1.83 bits per heavy atom. The van der Waals surface area contributed by atoms with Crippen LogP contribution < -0.4 is 4.74 Å². The molecule has 0 radical (unpaired) electrons. The van der Waals surface area contributed by atoms with Crippen molar-refractivity contribution in [3.8, 4) is 5.75 Å². The number of carbonyl (C=O) groups excluding carboxylic acids is 1. The summed E-state index contributed by atoms with van der Waals surface area (Å²) in [5.74, 6) is 1.22. The molecule has 0 aliphatic carbocycles. The van der Waals surface area contributed by atoms with Crippen molar-refractivity contribution in [1.82, 2.24) is 9.97 Å². The van der Waals surface area contributed by atoms with E-state index in [2.05, 4.69) is 9.97 Å². The molecule has 4 nitrogen and oxygen atoms in total. The summed E-state index contributed by atoms with van der Waals surface area (Å²) in [7, 11) is 0. The summed E-state index contributed by atoms with van der Waals surface area (Å²) in [5, 5.41) is 0. The minimum Gasteiger partial charge on any atom is -0.480 e. The summed E-state index contributed by atoms with van der Waals surface area (Å²) in [6.07, 6.45) is 4.71. The SMILES string of the molecule is O=C1C(=Cc2ncc[nH]2)C(c2ccccc2)Oc2ccccc21. The van der Waals surface area contributed by atoms with E-state index in [0.29, 0.717) is 22.7 Å². The average molecular weight is 302 g/mol. The zero-order valence-electron chi connectivity index (χ0n) is 12.3. The number of carbonyl (C=O) groups is 1. The molecule has 1 N–H and O–H groups in total. The van der Waals surface area contributed by atoms with Crippen molar-refractivity contribution >= 4 is 11.9 Å². The molecule has 1 unspecified atom stereocenters. The maximum Gasteiger partial charge on any atom is 0.196 e. The summed E-state index contributed by atoms with van der Waals surface area (Å²) in [6, 6.07) is 17.1. The number of hydrogen-bond donors (Lipinski definition) is 1. The van der Waals surface area contributed by atoms with Gasteiger partial charge >= 0.3 is 0 Å². The number of nitrogens with one attached hydrogen (secondary N) is 1. The first-order valence-corrected chi connectivity index (χ1v) is 7.39. The first kappa shape index (κ1) is 13.5. The van der Waals surface area contributed by atoms with Crippen molar-refractivity contribution < 1.29 is 9.53 Å². The lowest BCUT2D eigenvalue weighted by atomic mass is 9.90. The highest BCUT2D eigenvalue weighted by atomic mass is 16.5. The molecule has 0 fully saturated rings. The maximum absolute atomic E-state index is 12.9. The van der Waals surface area contributed by atoms with Crippen LogP contribution in [0.3, 0.4) is 0 Å². The smallest absolute Gasteiger partial charge is 0.196 e. The molecule has 4 heteroatoms. The molecule has 112 valence electrons. The van der Waals surface area contributed by atoms with Gasteiger partial charge in [0.15, 0.2) is 11.9 Å². The predicted molar refractivity (Wildman–Crippen MR) is 87.1 cm³/mol. The molecule has 4 rings (SSSR count). The Morgan fingerprint density at radius 1 is 1.04 bits per heavy atom. The van der Waals surface area contributed by atoms with Crippen molar-refractivity contribution in [1.29, 1.82) is 0 Å². The van der Waals surface area contributed by atoms with Gasteiger partial charge in [-0.1, -0.05) is 42.5 Å². The van der Waals surface area contributed by atoms with Gasteiger partial charge in [0.1, 0.15) is 11.6 Å². The molecule has 3 aromatic rings. The number of nitrogens with zero attached hydrogens (tertiary/aromatic N) is 1. The fourth-order valence-corrected chi connectivity index (χ4v) is 2.74. The number of para-hydroxylation sites is 1. The largest absolute Gasteiger partial charge is 0.480 e. The first-order chi connectivity index (χ1) is 11.3. The highest BCUT2D eigenvalue weighted by Crippen LogP contribution is 2.38. The van der Waals surface area contributed by atoms with Gasteiger partial charge in [-0.05, 0) is 23.8 Å². The van der Waals surface area contributed by atoms with E-state index >= 15 is 0 Å². The van der Waals surface area contributed by atoms with Crippen LogP contribution in [0, 0.1) is 0 Å². The van der Waals surface area contributed by atoms with E-state index in [-0.39, 0.29) is 5.78 Å². The number of ketones is 1. The Balaban J connectivity index is 1.87. The minimum absolute atomic E-state index is 0.0305. The van der Waals surface area contributed by atoms with E-state index in [1.807, 2.05) is 48.5 Å². The molecule has 0 amide bonds. The first-order valence-electron chi connectivity index (χ1n) is 7.39. The molecule has 0 bridgehead atoms. The van der Waals surface area contributed by atoms with Gasteiger partial charge < -0.3 is 9.72 Å². The molecule has 2 aromatic carbocycles. The van der Waals surface area contributed by atoms with Crippen molar-refractivity contribution in [3.05, 3.63) is 89.5 Å². The van der Waals surface area contributed by atoms with Gasteiger partial charge in [0.25, 0.3) is 0 Å². The number of aromatic amines is 1. The molecule has 1 aliphatic rings. The number of aromatic nitrogens is 2. The van der Waals surface area contributed by atoms with Crippen LogP contribution in [-0.2, 0) is 0 Å². The fourth-order valence-electron chi connectivity index (χ4n) is 2.74. The number of H-pyrrole nitrogens is 1. The highest BCUT2D eigenvalue weighted by molar-refractivity contribution is 6.14. The Bertz CT molecular complexity index is 867. The number of hydrogen-bond acceptors (Lipinski definition) is 3. The van der Waals surface area contributed by atoms with E-state index in [0.717, 1.165) is 5.56 Å². The molecular formula is C19H14N2O2. The number of fused-ring (bicyclic) bond motifs is 1. The van der Waals surface area contributed by atoms with Gasteiger partial charge in [-0.2, -0.15) is 0 Å². The van der Waals surface area contributed by atoms with Gasteiger partial charge in [-0.15, -0.1) is 0 Å². The number of benzene rings is 2. The monoisotopic (exact) mass is 302 g/mol. The molecule has 23 heavy (non-hydrogen) atoms. The Labute approximate surface area is 133 Å². The Kier molecular flexibility index (Phi) is 3.27. The van der Waals surface area contributed by atoms with Crippen LogP contribution in [0.25, 0.3) is 6.08 Å². The van der Waals surface area contributed by atoms with E-state index < -0.39 is 6.10 Å². The summed E-state index contributed by atoms with van der Waals surface area (Å²) < 4.78 is 6.12. The van der Waals surface area contributed by atoms with Crippen molar-refractivity contribution in [2.24, 2.45) is 0 Å². The second kappa shape index (κ2) is 5.57. The van der Waals surface area contributed by atoms with E-state index in [9.17, 15) is 4.79 Å². The molecular weight excluding hydrogens is 288 g/mol. The summed E-state index contributed by atoms with van der Waals surface area (Å²) >= 11 is 0. The second-order valence-electron chi connectivity index (χ2n) is 5.31. The lowest BCUT2D eigenvalue weighted by Gasteiger charge is -2.28. The fraction of sp³-hybridized carbons (Fsp3) is 0.0526. The van der Waals surface area contributed by atoms with Crippen molar-refractivity contribution in [3.63, 3.8) is 0 Å². The van der Waals surface area contributed by atoms with Crippen molar-refractivity contribution in [2.45, 2.75) is 6.10 Å². The number of ether oxygens (including phenoxy) is 1. The van der Waals surface area contributed by atoms with Crippen LogP contribution in [0.4, 0.5) is 0 Å². The summed E-state index contributed by atoms with van der Waals surface area (Å²) in [6.45, 7) is 0. The maximum atomic E-state index is 12.9. The summed E-state index contributed by atoms with van der Waals surface area (Å²) in [5.41, 5.74) is 2.09. The van der Waals surface area contributed by atoms with E-state index in [1.165, 1.54) is 0 Å². The third-order valence-electron chi connectivity index (χ3n) is 3.84. The molecule has 0 saturated heterocycles. The van der Waals surface area contributed by atoms with Crippen LogP contribution in [0.1, 0.15) is 27.8 Å². The van der Waals surface area contributed by atoms with Crippen molar-refractivity contribution in [2.75, 3.05) is 0 Å². The molecule has 0 saturated carbocycles. The highest BCUT2D eigenvalue weighted by Gasteiger charge is 2.32. The van der Waals surface area contributed by atoms with Gasteiger partial charge in [0.2, 0.25) is 0 Å². The molecule has 2 heterocycles. The molecule has 1 atom stereocenters. The minimum atomic E-state index is -0.441. The quantitative estimate of drug-likeness (QED) is 0.732. The van der Waals surface area contributed by atoms with Crippen LogP contribution >= 0.6 is 0 Å². The second-order valence-corrected chi connectivity index (χ2v) is 5.31. The van der Waals surface area contributed by atoms with Gasteiger partial charge in [-0.3, -0.25) is 4.79 Å². The third-order valence-corrected chi connectivity index (χ3v) is 3.84. The number of rotatable bonds is 2. The zero-order valence-corrected chi connectivity index (χ0v) is 12.3. The topological polar surface area (TPSA) is 55.0 Å². The zero-order chi connectivity index (χ0) is 15.6.